The van der Waals surface area contributed by atoms with E-state index in [0.29, 0.717) is 48.0 Å². The Morgan fingerprint density at radius 2 is 2.03 bits per heavy atom. The second-order valence-corrected chi connectivity index (χ2v) is 7.93. The zero-order valence-electron chi connectivity index (χ0n) is 15.4. The Kier molecular flexibility index (Phi) is 5.50. The van der Waals surface area contributed by atoms with Gasteiger partial charge in [0.1, 0.15) is 12.0 Å². The molecular weight excluding hydrogens is 443 g/mol. The standard InChI is InChI=1S/C20H12Cl2N6OS/c1-23-16-15(12-4-3-11(21)8-13(12)22)18(19-26-9-27-28-19)30-17(16)10-5-6-25-14(7-10)20(29)24-2/h3-9H,2H3,(H,24,29)(H,26,27,28). The highest BCUT2D eigenvalue weighted by molar-refractivity contribution is 7.20. The summed E-state index contributed by atoms with van der Waals surface area (Å²) in [6, 6.07) is 8.52. The number of amides is 1. The number of hydrogen-bond donors (Lipinski definition) is 2. The number of aromatic nitrogens is 4. The fourth-order valence-corrected chi connectivity index (χ4v) is 4.67. The number of pyridine rings is 1. The number of nitrogens with one attached hydrogen (secondary N) is 2. The van der Waals surface area contributed by atoms with Gasteiger partial charge in [-0.2, -0.15) is 5.10 Å². The van der Waals surface area contributed by atoms with Gasteiger partial charge in [-0.3, -0.25) is 14.9 Å². The number of H-pyrrole nitrogens is 1. The van der Waals surface area contributed by atoms with E-state index in [-0.39, 0.29) is 11.6 Å². The van der Waals surface area contributed by atoms with E-state index < -0.39 is 0 Å². The fourth-order valence-electron chi connectivity index (χ4n) is 2.97. The summed E-state index contributed by atoms with van der Waals surface area (Å²) >= 11 is 13.9. The van der Waals surface area contributed by atoms with Crippen LogP contribution in [0.2, 0.25) is 10.0 Å². The Morgan fingerprint density at radius 1 is 1.20 bits per heavy atom. The Morgan fingerprint density at radius 3 is 2.70 bits per heavy atom. The molecule has 0 saturated heterocycles. The van der Waals surface area contributed by atoms with E-state index >= 15 is 0 Å². The lowest BCUT2D eigenvalue weighted by atomic mass is 10.0. The van der Waals surface area contributed by atoms with Crippen molar-refractivity contribution in [1.29, 1.82) is 0 Å². The highest BCUT2D eigenvalue weighted by Gasteiger charge is 2.25. The van der Waals surface area contributed by atoms with Crippen molar-refractivity contribution < 1.29 is 4.79 Å². The van der Waals surface area contributed by atoms with Crippen molar-refractivity contribution in [3.8, 4) is 32.3 Å². The van der Waals surface area contributed by atoms with Crippen LogP contribution in [0.15, 0.2) is 42.9 Å². The Balaban J connectivity index is 2.01. The number of carbonyl (C=O) groups excluding carboxylic acids is 1. The van der Waals surface area contributed by atoms with E-state index in [2.05, 4.69) is 30.3 Å². The van der Waals surface area contributed by atoms with E-state index in [9.17, 15) is 4.79 Å². The Labute approximate surface area is 185 Å². The van der Waals surface area contributed by atoms with Gasteiger partial charge in [0.2, 0.25) is 5.69 Å². The molecule has 0 spiro atoms. The molecule has 0 aliphatic carbocycles. The molecule has 4 rings (SSSR count). The lowest BCUT2D eigenvalue weighted by Gasteiger charge is -2.07. The van der Waals surface area contributed by atoms with Gasteiger partial charge >= 0.3 is 0 Å². The minimum absolute atomic E-state index is 0.256. The molecule has 4 aromatic rings. The van der Waals surface area contributed by atoms with Crippen LogP contribution in [-0.4, -0.2) is 33.1 Å². The average molecular weight is 455 g/mol. The lowest BCUT2D eigenvalue weighted by molar-refractivity contribution is 0.0958. The Hall–Kier alpha value is -3.25. The molecule has 0 bridgehead atoms. The minimum atomic E-state index is -0.311. The molecule has 0 aliphatic rings. The third-order valence-electron chi connectivity index (χ3n) is 4.31. The zero-order valence-corrected chi connectivity index (χ0v) is 17.7. The molecule has 3 heterocycles. The second kappa shape index (κ2) is 8.24. The van der Waals surface area contributed by atoms with Crippen LogP contribution in [0.5, 0.6) is 0 Å². The normalized spacial score (nSPS) is 10.6. The van der Waals surface area contributed by atoms with Crippen LogP contribution in [0.3, 0.4) is 0 Å². The molecule has 30 heavy (non-hydrogen) atoms. The average Bonchev–Trinajstić information content (AvgIpc) is 3.41. The molecule has 0 saturated carbocycles. The summed E-state index contributed by atoms with van der Waals surface area (Å²) in [5.41, 5.74) is 2.62. The molecule has 7 nitrogen and oxygen atoms in total. The zero-order chi connectivity index (χ0) is 21.3. The van der Waals surface area contributed by atoms with Crippen LogP contribution in [0, 0.1) is 6.57 Å². The van der Waals surface area contributed by atoms with Crippen LogP contribution in [-0.2, 0) is 0 Å². The van der Waals surface area contributed by atoms with Gasteiger partial charge in [0.05, 0.1) is 11.4 Å². The summed E-state index contributed by atoms with van der Waals surface area (Å²) in [4.78, 5) is 25.6. The van der Waals surface area contributed by atoms with Crippen LogP contribution < -0.4 is 5.32 Å². The van der Waals surface area contributed by atoms with Crippen molar-refractivity contribution >= 4 is 46.1 Å². The largest absolute Gasteiger partial charge is 0.354 e. The minimum Gasteiger partial charge on any atom is -0.354 e. The Bertz CT molecular complexity index is 1290. The van der Waals surface area contributed by atoms with Gasteiger partial charge < -0.3 is 5.32 Å². The summed E-state index contributed by atoms with van der Waals surface area (Å²) in [5.74, 6) is 0.201. The van der Waals surface area contributed by atoms with E-state index in [0.717, 1.165) is 0 Å². The van der Waals surface area contributed by atoms with Gasteiger partial charge in [-0.1, -0.05) is 29.3 Å². The quantitative estimate of drug-likeness (QED) is 0.399. The molecule has 0 unspecified atom stereocenters. The molecule has 10 heteroatoms. The first-order chi connectivity index (χ1) is 14.5. The van der Waals surface area contributed by atoms with Crippen molar-refractivity contribution in [3.05, 3.63) is 70.0 Å². The van der Waals surface area contributed by atoms with Crippen LogP contribution in [0.1, 0.15) is 10.5 Å². The van der Waals surface area contributed by atoms with Crippen molar-refractivity contribution in [1.82, 2.24) is 25.5 Å². The lowest BCUT2D eigenvalue weighted by Crippen LogP contribution is -2.18. The van der Waals surface area contributed by atoms with E-state index in [4.69, 9.17) is 29.8 Å². The highest BCUT2D eigenvalue weighted by atomic mass is 35.5. The number of carbonyl (C=O) groups is 1. The topological polar surface area (TPSA) is 87.9 Å². The monoisotopic (exact) mass is 454 g/mol. The first-order valence-corrected chi connectivity index (χ1v) is 10.1. The van der Waals surface area contributed by atoms with Crippen molar-refractivity contribution in [3.63, 3.8) is 0 Å². The SMILES string of the molecule is [C-]#[N+]c1c(-c2ccnc(C(=O)NC)c2)sc(-c2ncn[nH]2)c1-c1ccc(Cl)cc1Cl. The second-order valence-electron chi connectivity index (χ2n) is 6.06. The first-order valence-electron chi connectivity index (χ1n) is 8.57. The van der Waals surface area contributed by atoms with Gasteiger partial charge in [0, 0.05) is 33.7 Å². The van der Waals surface area contributed by atoms with Gasteiger partial charge in [0.15, 0.2) is 5.82 Å². The molecule has 0 aliphatic heterocycles. The molecule has 3 aromatic heterocycles. The van der Waals surface area contributed by atoms with E-state index in [1.54, 1.807) is 30.3 Å². The van der Waals surface area contributed by atoms with Crippen molar-refractivity contribution in [2.24, 2.45) is 0 Å². The number of thiophene rings is 1. The molecule has 2 N–H and O–H groups in total. The first kappa shape index (κ1) is 20.0. The van der Waals surface area contributed by atoms with Crippen LogP contribution in [0.4, 0.5) is 5.69 Å². The number of nitrogens with zero attached hydrogens (tertiary/aromatic N) is 4. The molecular formula is C20H12Cl2N6OS. The van der Waals surface area contributed by atoms with E-state index in [1.807, 2.05) is 0 Å². The van der Waals surface area contributed by atoms with Crippen LogP contribution >= 0.6 is 34.5 Å². The van der Waals surface area contributed by atoms with Crippen LogP contribution in [0.25, 0.3) is 37.1 Å². The smallest absolute Gasteiger partial charge is 0.269 e. The summed E-state index contributed by atoms with van der Waals surface area (Å²) < 4.78 is 0. The molecule has 0 fully saturated rings. The van der Waals surface area contributed by atoms with Gasteiger partial charge in [0.25, 0.3) is 5.91 Å². The summed E-state index contributed by atoms with van der Waals surface area (Å²) in [6.07, 6.45) is 2.94. The molecule has 148 valence electrons. The number of rotatable bonds is 4. The van der Waals surface area contributed by atoms with Gasteiger partial charge in [-0.15, -0.1) is 11.3 Å². The molecule has 1 amide bonds. The number of halogens is 2. The number of hydrogen-bond acceptors (Lipinski definition) is 5. The van der Waals surface area contributed by atoms with Crippen molar-refractivity contribution in [2.45, 2.75) is 0 Å². The fraction of sp³-hybridized carbons (Fsp3) is 0.0500. The third kappa shape index (κ3) is 3.55. The number of aromatic amines is 1. The number of benzene rings is 1. The maximum atomic E-state index is 12.0. The molecule has 0 atom stereocenters. The van der Waals surface area contributed by atoms with E-state index in [1.165, 1.54) is 30.9 Å². The molecule has 1 aromatic carbocycles. The predicted octanol–water partition coefficient (Wildman–Crippen LogP) is 5.48. The van der Waals surface area contributed by atoms with Gasteiger partial charge in [-0.05, 0) is 35.4 Å². The van der Waals surface area contributed by atoms with Crippen molar-refractivity contribution in [2.75, 3.05) is 7.05 Å². The third-order valence-corrected chi connectivity index (χ3v) is 6.09. The molecule has 0 radical (unpaired) electrons. The summed E-state index contributed by atoms with van der Waals surface area (Å²) in [5, 5.41) is 10.2. The summed E-state index contributed by atoms with van der Waals surface area (Å²) in [6.45, 7) is 7.87. The van der Waals surface area contributed by atoms with Gasteiger partial charge in [-0.25, -0.2) is 9.83 Å². The predicted molar refractivity (Wildman–Crippen MR) is 118 cm³/mol. The summed E-state index contributed by atoms with van der Waals surface area (Å²) in [7, 11) is 1.54. The maximum absolute atomic E-state index is 12.0. The highest BCUT2D eigenvalue weighted by Crippen LogP contribution is 2.52. The maximum Gasteiger partial charge on any atom is 0.269 e.